The second-order valence-corrected chi connectivity index (χ2v) is 7.06. The fourth-order valence-corrected chi connectivity index (χ4v) is 3.95. The van der Waals surface area contributed by atoms with Crippen LogP contribution in [0, 0.1) is 6.92 Å². The van der Waals surface area contributed by atoms with Gasteiger partial charge in [0, 0.05) is 10.0 Å². The summed E-state index contributed by atoms with van der Waals surface area (Å²) in [7, 11) is 1.92. The summed E-state index contributed by atoms with van der Waals surface area (Å²) in [6.07, 6.45) is 0. The number of rotatable bonds is 3. The smallest absolute Gasteiger partial charge is 0.0995 e. The molecule has 1 aromatic carbocycles. The standard InChI is InChI=1S/C13H12BrCl2NS/c1-7-4-3-5-8(11(7)14)12(17-2)9-6-10(15)18-13(9)16/h3-6,12,17H,1-2H3. The molecule has 1 aromatic heterocycles. The Morgan fingerprint density at radius 1 is 1.28 bits per heavy atom. The van der Waals surface area contributed by atoms with Gasteiger partial charge in [0.25, 0.3) is 0 Å². The van der Waals surface area contributed by atoms with Crippen LogP contribution in [0.1, 0.15) is 22.7 Å². The number of nitrogens with one attached hydrogen (secondary N) is 1. The molecule has 0 aliphatic rings. The zero-order chi connectivity index (χ0) is 13.3. The third-order valence-corrected chi connectivity index (χ3v) is 5.42. The van der Waals surface area contributed by atoms with Crippen LogP contribution < -0.4 is 5.32 Å². The van der Waals surface area contributed by atoms with Crippen molar-refractivity contribution < 1.29 is 0 Å². The first-order valence-electron chi connectivity index (χ1n) is 5.41. The first kappa shape index (κ1) is 14.4. The minimum absolute atomic E-state index is 0.0375. The molecular formula is C13H12BrCl2NS. The summed E-state index contributed by atoms with van der Waals surface area (Å²) in [5.41, 5.74) is 3.37. The molecule has 0 saturated carbocycles. The van der Waals surface area contributed by atoms with E-state index in [-0.39, 0.29) is 6.04 Å². The van der Waals surface area contributed by atoms with Crippen molar-refractivity contribution in [3.63, 3.8) is 0 Å². The summed E-state index contributed by atoms with van der Waals surface area (Å²) in [6.45, 7) is 2.07. The fraction of sp³-hybridized carbons (Fsp3) is 0.231. The summed E-state index contributed by atoms with van der Waals surface area (Å²) < 4.78 is 2.54. The van der Waals surface area contributed by atoms with E-state index < -0.39 is 0 Å². The van der Waals surface area contributed by atoms with Gasteiger partial charge in [-0.05, 0) is 31.2 Å². The maximum atomic E-state index is 6.24. The predicted molar refractivity (Wildman–Crippen MR) is 84.1 cm³/mol. The van der Waals surface area contributed by atoms with Gasteiger partial charge in [-0.2, -0.15) is 0 Å². The largest absolute Gasteiger partial charge is 0.309 e. The van der Waals surface area contributed by atoms with E-state index in [1.165, 1.54) is 16.9 Å². The zero-order valence-corrected chi connectivity index (χ0v) is 13.8. The van der Waals surface area contributed by atoms with Crippen LogP contribution in [-0.2, 0) is 0 Å². The normalized spacial score (nSPS) is 12.7. The van der Waals surface area contributed by atoms with Crippen molar-refractivity contribution in [1.29, 1.82) is 0 Å². The van der Waals surface area contributed by atoms with Crippen molar-refractivity contribution in [3.8, 4) is 0 Å². The van der Waals surface area contributed by atoms with E-state index in [0.717, 1.165) is 19.9 Å². The van der Waals surface area contributed by atoms with E-state index in [1.54, 1.807) is 0 Å². The molecule has 0 aliphatic carbocycles. The Labute approximate surface area is 129 Å². The van der Waals surface area contributed by atoms with Crippen LogP contribution in [0.5, 0.6) is 0 Å². The van der Waals surface area contributed by atoms with Crippen LogP contribution in [0.25, 0.3) is 0 Å². The molecule has 0 fully saturated rings. The highest BCUT2D eigenvalue weighted by molar-refractivity contribution is 9.10. The van der Waals surface area contributed by atoms with Crippen LogP contribution in [0.2, 0.25) is 8.67 Å². The summed E-state index contributed by atoms with van der Waals surface area (Å²) in [6, 6.07) is 8.16. The van der Waals surface area contributed by atoms with Gasteiger partial charge in [0.15, 0.2) is 0 Å². The molecule has 18 heavy (non-hydrogen) atoms. The molecular weight excluding hydrogens is 353 g/mol. The SMILES string of the molecule is CNC(c1cc(Cl)sc1Cl)c1cccc(C)c1Br. The van der Waals surface area contributed by atoms with Gasteiger partial charge >= 0.3 is 0 Å². The topological polar surface area (TPSA) is 12.0 Å². The van der Waals surface area contributed by atoms with Gasteiger partial charge < -0.3 is 5.32 Å². The Kier molecular flexibility index (Phi) is 4.73. The molecule has 96 valence electrons. The van der Waals surface area contributed by atoms with Crippen LogP contribution in [0.3, 0.4) is 0 Å². The van der Waals surface area contributed by atoms with E-state index in [1.807, 2.05) is 19.2 Å². The number of aryl methyl sites for hydroxylation is 1. The molecule has 0 saturated heterocycles. The summed E-state index contributed by atoms with van der Waals surface area (Å²) in [5, 5.41) is 3.29. The van der Waals surface area contributed by atoms with Crippen molar-refractivity contribution in [2.45, 2.75) is 13.0 Å². The van der Waals surface area contributed by atoms with E-state index in [2.05, 4.69) is 40.3 Å². The number of halogens is 3. The highest BCUT2D eigenvalue weighted by Crippen LogP contribution is 2.39. The highest BCUT2D eigenvalue weighted by atomic mass is 79.9. The van der Waals surface area contributed by atoms with Crippen molar-refractivity contribution in [3.05, 3.63) is 54.1 Å². The molecule has 2 aromatic rings. The van der Waals surface area contributed by atoms with Crippen LogP contribution in [0.15, 0.2) is 28.7 Å². The molecule has 0 spiro atoms. The van der Waals surface area contributed by atoms with Crippen LogP contribution in [0.4, 0.5) is 0 Å². The number of thiophene rings is 1. The van der Waals surface area contributed by atoms with Gasteiger partial charge in [0.05, 0.1) is 14.7 Å². The molecule has 1 unspecified atom stereocenters. The monoisotopic (exact) mass is 363 g/mol. The van der Waals surface area contributed by atoms with Gasteiger partial charge in [-0.3, -0.25) is 0 Å². The summed E-state index contributed by atoms with van der Waals surface area (Å²) in [5.74, 6) is 0. The highest BCUT2D eigenvalue weighted by Gasteiger charge is 2.20. The van der Waals surface area contributed by atoms with Crippen LogP contribution in [-0.4, -0.2) is 7.05 Å². The van der Waals surface area contributed by atoms with E-state index in [9.17, 15) is 0 Å². The van der Waals surface area contributed by atoms with Crippen molar-refractivity contribution in [1.82, 2.24) is 5.32 Å². The minimum Gasteiger partial charge on any atom is -0.309 e. The third-order valence-electron chi connectivity index (χ3n) is 2.82. The zero-order valence-electron chi connectivity index (χ0n) is 9.93. The quantitative estimate of drug-likeness (QED) is 0.765. The van der Waals surface area contributed by atoms with Gasteiger partial charge in [-0.1, -0.05) is 57.3 Å². The third kappa shape index (κ3) is 2.75. The lowest BCUT2D eigenvalue weighted by atomic mass is 10.00. The molecule has 0 amide bonds. The molecule has 0 bridgehead atoms. The number of hydrogen-bond donors (Lipinski definition) is 1. The Balaban J connectivity index is 2.52. The molecule has 1 atom stereocenters. The maximum Gasteiger partial charge on any atom is 0.0995 e. The molecule has 1 nitrogen and oxygen atoms in total. The van der Waals surface area contributed by atoms with Gasteiger partial charge in [-0.15, -0.1) is 11.3 Å². The predicted octanol–water partition coefficient (Wildman–Crippen LogP) is 5.43. The Hall–Kier alpha value is -0.0600. The second-order valence-electron chi connectivity index (χ2n) is 3.98. The Bertz CT molecular complexity index is 568. The molecule has 1 heterocycles. The van der Waals surface area contributed by atoms with Gasteiger partial charge in [0.2, 0.25) is 0 Å². The van der Waals surface area contributed by atoms with E-state index in [0.29, 0.717) is 4.34 Å². The molecule has 5 heteroatoms. The van der Waals surface area contributed by atoms with E-state index in [4.69, 9.17) is 23.2 Å². The van der Waals surface area contributed by atoms with Crippen molar-refractivity contribution in [2.24, 2.45) is 0 Å². The number of hydrogen-bond acceptors (Lipinski definition) is 2. The average Bonchev–Trinajstić information content (AvgIpc) is 2.65. The van der Waals surface area contributed by atoms with Gasteiger partial charge in [0.1, 0.15) is 0 Å². The van der Waals surface area contributed by atoms with Crippen molar-refractivity contribution in [2.75, 3.05) is 7.05 Å². The molecule has 0 radical (unpaired) electrons. The molecule has 0 aliphatic heterocycles. The first-order valence-corrected chi connectivity index (χ1v) is 7.78. The summed E-state index contributed by atoms with van der Waals surface area (Å²) in [4.78, 5) is 0. The summed E-state index contributed by atoms with van der Waals surface area (Å²) >= 11 is 17.3. The lowest BCUT2D eigenvalue weighted by Gasteiger charge is -2.18. The molecule has 1 N–H and O–H groups in total. The maximum absolute atomic E-state index is 6.24. The lowest BCUT2D eigenvalue weighted by molar-refractivity contribution is 0.691. The minimum atomic E-state index is 0.0375. The Morgan fingerprint density at radius 2 is 2.00 bits per heavy atom. The lowest BCUT2D eigenvalue weighted by Crippen LogP contribution is -2.18. The Morgan fingerprint density at radius 3 is 2.56 bits per heavy atom. The average molecular weight is 365 g/mol. The molecule has 2 rings (SSSR count). The fourth-order valence-electron chi connectivity index (χ4n) is 1.92. The second kappa shape index (κ2) is 5.93. The van der Waals surface area contributed by atoms with Gasteiger partial charge in [-0.25, -0.2) is 0 Å². The first-order chi connectivity index (χ1) is 8.54. The van der Waals surface area contributed by atoms with E-state index >= 15 is 0 Å². The van der Waals surface area contributed by atoms with Crippen molar-refractivity contribution >= 4 is 50.5 Å². The van der Waals surface area contributed by atoms with Crippen LogP contribution >= 0.6 is 50.5 Å². The number of benzene rings is 1.